The van der Waals surface area contributed by atoms with Crippen molar-refractivity contribution in [3.05, 3.63) is 33.9 Å². The summed E-state index contributed by atoms with van der Waals surface area (Å²) in [5, 5.41) is 20.0. The highest BCUT2D eigenvalue weighted by Crippen LogP contribution is 2.28. The van der Waals surface area contributed by atoms with E-state index in [1.54, 1.807) is 0 Å². The molecular weight excluding hydrogens is 266 g/mol. The van der Waals surface area contributed by atoms with Crippen LogP contribution in [0.2, 0.25) is 0 Å². The van der Waals surface area contributed by atoms with Gasteiger partial charge >= 0.3 is 5.97 Å². The van der Waals surface area contributed by atoms with Gasteiger partial charge in [0, 0.05) is 12.7 Å². The monoisotopic (exact) mass is 281 g/mol. The van der Waals surface area contributed by atoms with Crippen molar-refractivity contribution in [2.45, 2.75) is 25.4 Å². The molecule has 1 aromatic rings. The first kappa shape index (κ1) is 14.3. The third-order valence-corrected chi connectivity index (χ3v) is 3.11. The van der Waals surface area contributed by atoms with Crippen LogP contribution in [0.25, 0.3) is 0 Å². The maximum absolute atomic E-state index is 11.2. The molecule has 1 heterocycles. The Labute approximate surface area is 115 Å². The first-order valence-electron chi connectivity index (χ1n) is 6.34. The first-order valence-corrected chi connectivity index (χ1v) is 6.34. The molecule has 0 radical (unpaired) electrons. The van der Waals surface area contributed by atoms with Crippen LogP contribution in [0.3, 0.4) is 0 Å². The number of carbonyl (C=O) groups is 1. The molecule has 0 amide bonds. The lowest BCUT2D eigenvalue weighted by atomic mass is 10.1. The Morgan fingerprint density at radius 1 is 1.50 bits per heavy atom. The SMILES string of the molecule is O=C(O)c1c(OCC2CCCCO2)cccc1[N+](=O)[O-]. The number of rotatable bonds is 5. The Morgan fingerprint density at radius 2 is 2.30 bits per heavy atom. The van der Waals surface area contributed by atoms with Crippen LogP contribution < -0.4 is 4.74 Å². The first-order chi connectivity index (χ1) is 9.59. The van der Waals surface area contributed by atoms with Crippen LogP contribution in [-0.4, -0.2) is 35.3 Å². The fraction of sp³-hybridized carbons (Fsp3) is 0.462. The van der Waals surface area contributed by atoms with Gasteiger partial charge < -0.3 is 14.6 Å². The summed E-state index contributed by atoms with van der Waals surface area (Å²) in [6.07, 6.45) is 2.80. The van der Waals surface area contributed by atoms with E-state index >= 15 is 0 Å². The van der Waals surface area contributed by atoms with Crippen molar-refractivity contribution >= 4 is 11.7 Å². The molecule has 1 aliphatic heterocycles. The predicted octanol–water partition coefficient (Wildman–Crippen LogP) is 2.24. The molecule has 0 spiro atoms. The van der Waals surface area contributed by atoms with Gasteiger partial charge in [0.25, 0.3) is 5.69 Å². The van der Waals surface area contributed by atoms with Crippen molar-refractivity contribution in [1.29, 1.82) is 0 Å². The van der Waals surface area contributed by atoms with Gasteiger partial charge in [-0.15, -0.1) is 0 Å². The smallest absolute Gasteiger partial charge is 0.346 e. The van der Waals surface area contributed by atoms with Crippen LogP contribution in [0.15, 0.2) is 18.2 Å². The van der Waals surface area contributed by atoms with Gasteiger partial charge in [-0.3, -0.25) is 10.1 Å². The van der Waals surface area contributed by atoms with Crippen LogP contribution in [-0.2, 0) is 4.74 Å². The van der Waals surface area contributed by atoms with Gasteiger partial charge in [-0.25, -0.2) is 4.79 Å². The van der Waals surface area contributed by atoms with Crippen molar-refractivity contribution in [3.8, 4) is 5.75 Å². The van der Waals surface area contributed by atoms with Gasteiger partial charge in [0.15, 0.2) is 5.56 Å². The summed E-state index contributed by atoms with van der Waals surface area (Å²) in [6, 6.07) is 3.97. The number of carboxylic acid groups (broad SMARTS) is 1. The second-order valence-corrected chi connectivity index (χ2v) is 4.51. The molecule has 0 bridgehead atoms. The maximum Gasteiger partial charge on any atom is 0.346 e. The quantitative estimate of drug-likeness (QED) is 0.656. The van der Waals surface area contributed by atoms with Gasteiger partial charge in [0.05, 0.1) is 11.0 Å². The minimum absolute atomic E-state index is 0.000809. The molecule has 1 saturated heterocycles. The number of ether oxygens (including phenoxy) is 2. The fourth-order valence-corrected chi connectivity index (χ4v) is 2.13. The molecule has 1 aromatic carbocycles. The summed E-state index contributed by atoms with van der Waals surface area (Å²) in [5.41, 5.74) is -0.895. The molecule has 7 heteroatoms. The summed E-state index contributed by atoms with van der Waals surface area (Å²) in [7, 11) is 0. The van der Waals surface area contributed by atoms with Crippen LogP contribution >= 0.6 is 0 Å². The Balaban J connectivity index is 2.16. The fourth-order valence-electron chi connectivity index (χ4n) is 2.13. The zero-order valence-electron chi connectivity index (χ0n) is 10.8. The number of carboxylic acids is 1. The standard InChI is InChI=1S/C13H15NO6/c15-13(16)12-10(14(17)18)5-3-6-11(12)20-8-9-4-1-2-7-19-9/h3,5-6,9H,1-2,4,7-8H2,(H,15,16). The van der Waals surface area contributed by atoms with E-state index < -0.39 is 22.1 Å². The number of nitrogens with zero attached hydrogens (tertiary/aromatic N) is 1. The Morgan fingerprint density at radius 3 is 2.90 bits per heavy atom. The highest BCUT2D eigenvalue weighted by molar-refractivity contribution is 5.95. The van der Waals surface area contributed by atoms with E-state index in [1.807, 2.05) is 0 Å². The number of aromatic carboxylic acids is 1. The molecule has 1 aliphatic rings. The molecule has 7 nitrogen and oxygen atoms in total. The lowest BCUT2D eigenvalue weighted by molar-refractivity contribution is -0.385. The normalized spacial score (nSPS) is 18.5. The van der Waals surface area contributed by atoms with Crippen molar-refractivity contribution in [1.82, 2.24) is 0 Å². The number of nitro groups is 1. The molecule has 1 fully saturated rings. The molecule has 20 heavy (non-hydrogen) atoms. The molecule has 0 aliphatic carbocycles. The number of nitro benzene ring substituents is 1. The van der Waals surface area contributed by atoms with Crippen LogP contribution in [0.4, 0.5) is 5.69 Å². The van der Waals surface area contributed by atoms with E-state index in [1.165, 1.54) is 12.1 Å². The molecule has 108 valence electrons. The van der Waals surface area contributed by atoms with Gasteiger partial charge in [0.1, 0.15) is 12.4 Å². The zero-order valence-corrected chi connectivity index (χ0v) is 10.8. The van der Waals surface area contributed by atoms with Crippen LogP contribution in [0.5, 0.6) is 5.75 Å². The van der Waals surface area contributed by atoms with Crippen molar-refractivity contribution < 1.29 is 24.3 Å². The lowest BCUT2D eigenvalue weighted by Gasteiger charge is -2.22. The zero-order chi connectivity index (χ0) is 14.5. The largest absolute Gasteiger partial charge is 0.490 e. The van der Waals surface area contributed by atoms with Crippen LogP contribution in [0, 0.1) is 10.1 Å². The third-order valence-electron chi connectivity index (χ3n) is 3.11. The second kappa shape index (κ2) is 6.33. The van der Waals surface area contributed by atoms with Gasteiger partial charge in [-0.05, 0) is 25.3 Å². The maximum atomic E-state index is 11.2. The average Bonchev–Trinajstić information content (AvgIpc) is 2.45. The topological polar surface area (TPSA) is 98.9 Å². The van der Waals surface area contributed by atoms with E-state index in [0.29, 0.717) is 6.61 Å². The van der Waals surface area contributed by atoms with Crippen molar-refractivity contribution in [2.75, 3.05) is 13.2 Å². The molecule has 0 aromatic heterocycles. The lowest BCUT2D eigenvalue weighted by Crippen LogP contribution is -2.26. The molecule has 1 unspecified atom stereocenters. The van der Waals surface area contributed by atoms with E-state index in [-0.39, 0.29) is 18.5 Å². The molecule has 1 atom stereocenters. The summed E-state index contributed by atoms with van der Waals surface area (Å²) in [5.74, 6) is -1.38. The Hall–Kier alpha value is -2.15. The second-order valence-electron chi connectivity index (χ2n) is 4.51. The van der Waals surface area contributed by atoms with Crippen molar-refractivity contribution in [3.63, 3.8) is 0 Å². The summed E-state index contributed by atoms with van der Waals surface area (Å²) >= 11 is 0. The van der Waals surface area contributed by atoms with Gasteiger partial charge in [-0.1, -0.05) is 6.07 Å². The summed E-state index contributed by atoms with van der Waals surface area (Å²) in [6.45, 7) is 0.857. The van der Waals surface area contributed by atoms with E-state index in [0.717, 1.165) is 25.3 Å². The van der Waals surface area contributed by atoms with E-state index in [4.69, 9.17) is 14.6 Å². The average molecular weight is 281 g/mol. The predicted molar refractivity (Wildman–Crippen MR) is 69.1 cm³/mol. The third kappa shape index (κ3) is 3.24. The minimum Gasteiger partial charge on any atom is -0.490 e. The molecular formula is C13H15NO6. The number of hydrogen-bond acceptors (Lipinski definition) is 5. The Kier molecular flexibility index (Phi) is 4.52. The van der Waals surface area contributed by atoms with Crippen molar-refractivity contribution in [2.24, 2.45) is 0 Å². The van der Waals surface area contributed by atoms with Crippen LogP contribution in [0.1, 0.15) is 29.6 Å². The minimum atomic E-state index is -1.38. The summed E-state index contributed by atoms with van der Waals surface area (Å²) in [4.78, 5) is 21.3. The number of hydrogen-bond donors (Lipinski definition) is 1. The van der Waals surface area contributed by atoms with E-state index in [2.05, 4.69) is 0 Å². The number of benzene rings is 1. The highest BCUT2D eigenvalue weighted by atomic mass is 16.6. The van der Waals surface area contributed by atoms with E-state index in [9.17, 15) is 14.9 Å². The molecule has 0 saturated carbocycles. The highest BCUT2D eigenvalue weighted by Gasteiger charge is 2.25. The molecule has 2 rings (SSSR count). The van der Waals surface area contributed by atoms with Gasteiger partial charge in [-0.2, -0.15) is 0 Å². The van der Waals surface area contributed by atoms with Gasteiger partial charge in [0.2, 0.25) is 0 Å². The molecule has 1 N–H and O–H groups in total. The Bertz CT molecular complexity index is 510. The summed E-state index contributed by atoms with van der Waals surface area (Å²) < 4.78 is 10.9.